The molecule has 1 rings (SSSR count). The van der Waals surface area contributed by atoms with Crippen molar-refractivity contribution in [1.29, 1.82) is 0 Å². The lowest BCUT2D eigenvalue weighted by molar-refractivity contribution is -0.147. The van der Waals surface area contributed by atoms with Gasteiger partial charge in [0.15, 0.2) is 0 Å². The second kappa shape index (κ2) is 6.31. The van der Waals surface area contributed by atoms with Gasteiger partial charge in [-0.15, -0.1) is 0 Å². The molecule has 5 nitrogen and oxygen atoms in total. The van der Waals surface area contributed by atoms with Crippen molar-refractivity contribution in [2.45, 2.75) is 39.3 Å². The van der Waals surface area contributed by atoms with Gasteiger partial charge in [0, 0.05) is 11.5 Å². The molecule has 1 N–H and O–H groups in total. The summed E-state index contributed by atoms with van der Waals surface area (Å²) in [5.41, 5.74) is -0.532. The van der Waals surface area contributed by atoms with E-state index in [1.807, 2.05) is 0 Å². The fourth-order valence-corrected chi connectivity index (χ4v) is 2.97. The van der Waals surface area contributed by atoms with Crippen molar-refractivity contribution in [3.8, 4) is 0 Å². The van der Waals surface area contributed by atoms with E-state index in [4.69, 9.17) is 9.47 Å². The molecule has 2 atom stereocenters. The van der Waals surface area contributed by atoms with Crippen LogP contribution >= 0.6 is 11.8 Å². The Morgan fingerprint density at radius 1 is 1.33 bits per heavy atom. The highest BCUT2D eigenvalue weighted by Gasteiger charge is 2.36. The molecule has 0 spiro atoms. The van der Waals surface area contributed by atoms with E-state index < -0.39 is 11.7 Å². The highest BCUT2D eigenvalue weighted by molar-refractivity contribution is 7.99. The Labute approximate surface area is 112 Å². The largest absolute Gasteiger partial charge is 0.466 e. The van der Waals surface area contributed by atoms with Crippen LogP contribution in [-0.2, 0) is 14.3 Å². The Morgan fingerprint density at radius 3 is 2.56 bits per heavy atom. The van der Waals surface area contributed by atoms with Crippen LogP contribution in [0.15, 0.2) is 0 Å². The molecular formula is C12H21NO4S. The number of hydrogen-bond donors (Lipinski definition) is 1. The number of ether oxygens (including phenoxy) is 2. The van der Waals surface area contributed by atoms with E-state index in [-0.39, 0.29) is 17.9 Å². The SMILES string of the molecule is CCOC(=O)[C@H]1CSC[C@H]1NC(=O)OC(C)(C)C. The Balaban J connectivity index is 2.50. The first-order valence-electron chi connectivity index (χ1n) is 6.07. The first-order valence-corrected chi connectivity index (χ1v) is 7.23. The number of alkyl carbamates (subject to hydrolysis) is 1. The van der Waals surface area contributed by atoms with Gasteiger partial charge in [-0.2, -0.15) is 11.8 Å². The van der Waals surface area contributed by atoms with Crippen LogP contribution in [0.4, 0.5) is 4.79 Å². The van der Waals surface area contributed by atoms with E-state index in [9.17, 15) is 9.59 Å². The topological polar surface area (TPSA) is 64.6 Å². The molecule has 1 aliphatic heterocycles. The van der Waals surface area contributed by atoms with E-state index >= 15 is 0 Å². The minimum absolute atomic E-state index is 0.205. The van der Waals surface area contributed by atoms with Gasteiger partial charge in [-0.25, -0.2) is 4.79 Å². The monoisotopic (exact) mass is 275 g/mol. The number of esters is 1. The fraction of sp³-hybridized carbons (Fsp3) is 0.833. The Bertz CT molecular complexity index is 314. The Kier molecular flexibility index (Phi) is 5.31. The molecule has 0 saturated carbocycles. The van der Waals surface area contributed by atoms with Crippen LogP contribution in [0.5, 0.6) is 0 Å². The third-order valence-corrected chi connectivity index (χ3v) is 3.56. The summed E-state index contributed by atoms with van der Waals surface area (Å²) < 4.78 is 10.2. The maximum atomic E-state index is 11.7. The van der Waals surface area contributed by atoms with Crippen LogP contribution in [0.25, 0.3) is 0 Å². The van der Waals surface area contributed by atoms with Crippen LogP contribution in [-0.4, -0.2) is 41.8 Å². The average molecular weight is 275 g/mol. The van der Waals surface area contributed by atoms with Crippen molar-refractivity contribution in [1.82, 2.24) is 5.32 Å². The zero-order valence-electron chi connectivity index (χ0n) is 11.3. The standard InChI is InChI=1S/C12H21NO4S/c1-5-16-10(14)8-6-18-7-9(8)13-11(15)17-12(2,3)4/h8-9H,5-7H2,1-4H3,(H,13,15)/t8-,9+/m0/s1. The lowest BCUT2D eigenvalue weighted by Gasteiger charge is -2.23. The normalized spacial score (nSPS) is 23.6. The van der Waals surface area contributed by atoms with Gasteiger partial charge in [0.1, 0.15) is 5.60 Å². The zero-order chi connectivity index (χ0) is 13.8. The van der Waals surface area contributed by atoms with E-state index in [0.717, 1.165) is 0 Å². The molecule has 1 fully saturated rings. The van der Waals surface area contributed by atoms with E-state index in [1.165, 1.54) is 0 Å². The first kappa shape index (κ1) is 15.1. The molecule has 1 saturated heterocycles. The predicted molar refractivity (Wildman–Crippen MR) is 70.6 cm³/mol. The van der Waals surface area contributed by atoms with E-state index in [0.29, 0.717) is 18.1 Å². The van der Waals surface area contributed by atoms with Crippen LogP contribution in [0.1, 0.15) is 27.7 Å². The summed E-state index contributed by atoms with van der Waals surface area (Å²) in [6, 6.07) is -0.205. The summed E-state index contributed by atoms with van der Waals surface area (Å²) in [7, 11) is 0. The first-order chi connectivity index (χ1) is 8.33. The number of carbonyl (C=O) groups is 2. The molecule has 1 heterocycles. The molecule has 0 bridgehead atoms. The number of hydrogen-bond acceptors (Lipinski definition) is 5. The summed E-state index contributed by atoms with van der Waals surface area (Å²) in [6.07, 6.45) is -0.482. The molecule has 1 amide bonds. The molecule has 0 aromatic heterocycles. The molecular weight excluding hydrogens is 254 g/mol. The molecule has 0 radical (unpaired) electrons. The minimum atomic E-state index is -0.532. The third-order valence-electron chi connectivity index (χ3n) is 2.37. The highest BCUT2D eigenvalue weighted by atomic mass is 32.2. The maximum absolute atomic E-state index is 11.7. The lowest BCUT2D eigenvalue weighted by atomic mass is 10.0. The Hall–Kier alpha value is -0.910. The van der Waals surface area contributed by atoms with Gasteiger partial charge in [0.2, 0.25) is 0 Å². The van der Waals surface area contributed by atoms with Gasteiger partial charge in [-0.3, -0.25) is 4.79 Å². The van der Waals surface area contributed by atoms with Crippen molar-refractivity contribution < 1.29 is 19.1 Å². The minimum Gasteiger partial charge on any atom is -0.466 e. The van der Waals surface area contributed by atoms with Crippen molar-refractivity contribution in [2.75, 3.05) is 18.1 Å². The second-order valence-corrected chi connectivity index (χ2v) is 6.22. The second-order valence-electron chi connectivity index (χ2n) is 5.15. The van der Waals surface area contributed by atoms with Crippen LogP contribution in [0.3, 0.4) is 0 Å². The fourth-order valence-electron chi connectivity index (χ4n) is 1.64. The zero-order valence-corrected chi connectivity index (χ0v) is 12.1. The van der Waals surface area contributed by atoms with Crippen molar-refractivity contribution in [3.63, 3.8) is 0 Å². The summed E-state index contributed by atoms with van der Waals surface area (Å²) in [5, 5.41) is 2.74. The summed E-state index contributed by atoms with van der Waals surface area (Å²) in [6.45, 7) is 7.55. The quantitative estimate of drug-likeness (QED) is 0.796. The van der Waals surface area contributed by atoms with E-state index in [1.54, 1.807) is 39.5 Å². The molecule has 6 heteroatoms. The van der Waals surface area contributed by atoms with Gasteiger partial charge in [-0.05, 0) is 27.7 Å². The van der Waals surface area contributed by atoms with Crippen LogP contribution < -0.4 is 5.32 Å². The molecule has 0 unspecified atom stereocenters. The van der Waals surface area contributed by atoms with Gasteiger partial charge in [0.25, 0.3) is 0 Å². The van der Waals surface area contributed by atoms with Gasteiger partial charge in [-0.1, -0.05) is 0 Å². The predicted octanol–water partition coefficient (Wildman–Crippen LogP) is 1.81. The number of carbonyl (C=O) groups excluding carboxylic acids is 2. The number of amides is 1. The average Bonchev–Trinajstić information content (AvgIpc) is 2.62. The van der Waals surface area contributed by atoms with Gasteiger partial charge >= 0.3 is 12.1 Å². The smallest absolute Gasteiger partial charge is 0.407 e. The molecule has 0 aromatic carbocycles. The number of thioether (sulfide) groups is 1. The summed E-state index contributed by atoms with van der Waals surface area (Å²) >= 11 is 1.63. The third kappa shape index (κ3) is 4.76. The van der Waals surface area contributed by atoms with Gasteiger partial charge < -0.3 is 14.8 Å². The van der Waals surface area contributed by atoms with Crippen molar-refractivity contribution in [3.05, 3.63) is 0 Å². The van der Waals surface area contributed by atoms with Crippen molar-refractivity contribution in [2.24, 2.45) is 5.92 Å². The molecule has 104 valence electrons. The van der Waals surface area contributed by atoms with Gasteiger partial charge in [0.05, 0.1) is 18.6 Å². The van der Waals surface area contributed by atoms with Crippen LogP contribution in [0.2, 0.25) is 0 Å². The molecule has 0 aliphatic carbocycles. The maximum Gasteiger partial charge on any atom is 0.407 e. The van der Waals surface area contributed by atoms with Crippen molar-refractivity contribution >= 4 is 23.8 Å². The lowest BCUT2D eigenvalue weighted by Crippen LogP contribution is -2.45. The summed E-state index contributed by atoms with van der Waals surface area (Å²) in [4.78, 5) is 23.3. The molecule has 18 heavy (non-hydrogen) atoms. The molecule has 0 aromatic rings. The van der Waals surface area contributed by atoms with E-state index in [2.05, 4.69) is 5.32 Å². The number of rotatable bonds is 3. The molecule has 1 aliphatic rings. The summed E-state index contributed by atoms with van der Waals surface area (Å²) in [5.74, 6) is 0.869. The number of nitrogens with one attached hydrogen (secondary N) is 1. The Morgan fingerprint density at radius 2 is 2.00 bits per heavy atom. The highest BCUT2D eigenvalue weighted by Crippen LogP contribution is 2.25. The van der Waals surface area contributed by atoms with Crippen LogP contribution in [0, 0.1) is 5.92 Å².